The Balaban J connectivity index is 0.000000177. The number of benzene rings is 3. The van der Waals surface area contributed by atoms with E-state index in [9.17, 15) is 9.59 Å². The number of hydrogen-bond acceptors (Lipinski definition) is 4. The van der Waals surface area contributed by atoms with Gasteiger partial charge in [0.2, 0.25) is 6.08 Å². The average Bonchev–Trinajstić information content (AvgIpc) is 2.58. The summed E-state index contributed by atoms with van der Waals surface area (Å²) in [7, 11) is 0. The highest BCUT2D eigenvalue weighted by Gasteiger charge is 2.06. The minimum atomic E-state index is -0.980. The third-order valence-corrected chi connectivity index (χ3v) is 3.37. The molecule has 5 heteroatoms. The van der Waals surface area contributed by atoms with Crippen LogP contribution in [0.25, 0.3) is 10.8 Å². The van der Waals surface area contributed by atoms with Crippen molar-refractivity contribution in [1.82, 2.24) is 0 Å². The van der Waals surface area contributed by atoms with Crippen LogP contribution in [-0.2, 0) is 4.79 Å². The molecule has 0 saturated heterocycles. The van der Waals surface area contributed by atoms with Crippen LogP contribution in [-0.4, -0.2) is 17.2 Å². The van der Waals surface area contributed by atoms with Crippen LogP contribution in [0, 0.1) is 6.92 Å². The molecule has 0 heterocycles. The lowest BCUT2D eigenvalue weighted by Crippen LogP contribution is -2.02. The SMILES string of the molecule is Cc1ccc(N)c(C(=O)O)c1.O=C=Nc1cccc2ccccc12. The van der Waals surface area contributed by atoms with E-state index in [2.05, 4.69) is 4.99 Å². The van der Waals surface area contributed by atoms with Gasteiger partial charge in [0.15, 0.2) is 0 Å². The van der Waals surface area contributed by atoms with Crippen molar-refractivity contribution >= 4 is 34.2 Å². The number of rotatable bonds is 2. The molecule has 0 aliphatic carbocycles. The van der Waals surface area contributed by atoms with Crippen molar-refractivity contribution in [3.63, 3.8) is 0 Å². The molecule has 3 aromatic carbocycles. The van der Waals surface area contributed by atoms with Crippen LogP contribution in [0.15, 0.2) is 65.7 Å². The van der Waals surface area contributed by atoms with Crippen LogP contribution in [0.2, 0.25) is 0 Å². The zero-order chi connectivity index (χ0) is 17.5. The van der Waals surface area contributed by atoms with Crippen molar-refractivity contribution in [2.45, 2.75) is 6.92 Å². The largest absolute Gasteiger partial charge is 0.478 e. The maximum atomic E-state index is 10.5. The van der Waals surface area contributed by atoms with Crippen LogP contribution < -0.4 is 5.73 Å². The lowest BCUT2D eigenvalue weighted by molar-refractivity contribution is 0.0698. The number of fused-ring (bicyclic) bond motifs is 1. The summed E-state index contributed by atoms with van der Waals surface area (Å²) in [6.45, 7) is 1.83. The van der Waals surface area contributed by atoms with Gasteiger partial charge in [0.25, 0.3) is 0 Å². The normalized spacial score (nSPS) is 9.54. The fourth-order valence-electron chi connectivity index (χ4n) is 2.21. The summed E-state index contributed by atoms with van der Waals surface area (Å²) in [5.74, 6) is -0.980. The second kappa shape index (κ2) is 7.72. The smallest absolute Gasteiger partial charge is 0.337 e. The van der Waals surface area contributed by atoms with Gasteiger partial charge in [-0.1, -0.05) is 48.0 Å². The van der Waals surface area contributed by atoms with Gasteiger partial charge in [0.1, 0.15) is 0 Å². The Bertz CT molecular complexity index is 924. The number of isocyanates is 1. The molecule has 0 unspecified atom stereocenters. The fourth-order valence-corrected chi connectivity index (χ4v) is 2.21. The molecule has 0 radical (unpaired) electrons. The summed E-state index contributed by atoms with van der Waals surface area (Å²) < 4.78 is 0. The van der Waals surface area contributed by atoms with Crippen molar-refractivity contribution in [1.29, 1.82) is 0 Å². The van der Waals surface area contributed by atoms with Gasteiger partial charge in [-0.2, -0.15) is 4.99 Å². The van der Waals surface area contributed by atoms with E-state index in [0.29, 0.717) is 11.4 Å². The van der Waals surface area contributed by atoms with Crippen molar-refractivity contribution in [2.75, 3.05) is 5.73 Å². The van der Waals surface area contributed by atoms with Gasteiger partial charge in [-0.25, -0.2) is 9.59 Å². The Morgan fingerprint density at radius 2 is 1.79 bits per heavy atom. The number of carboxylic acids is 1. The number of aryl methyl sites for hydroxylation is 1. The summed E-state index contributed by atoms with van der Waals surface area (Å²) in [5.41, 5.74) is 7.46. The van der Waals surface area contributed by atoms with E-state index < -0.39 is 5.97 Å². The summed E-state index contributed by atoms with van der Waals surface area (Å²) in [4.78, 5) is 24.2. The first-order chi connectivity index (χ1) is 11.5. The predicted octanol–water partition coefficient (Wildman–Crippen LogP) is 4.08. The van der Waals surface area contributed by atoms with E-state index in [-0.39, 0.29) is 5.56 Å². The summed E-state index contributed by atoms with van der Waals surface area (Å²) in [6.07, 6.45) is 1.55. The zero-order valence-electron chi connectivity index (χ0n) is 13.1. The number of carbonyl (C=O) groups excluding carboxylic acids is 1. The Morgan fingerprint density at radius 3 is 2.46 bits per heavy atom. The molecule has 5 nitrogen and oxygen atoms in total. The van der Waals surface area contributed by atoms with Crippen molar-refractivity contribution in [2.24, 2.45) is 4.99 Å². The van der Waals surface area contributed by atoms with Gasteiger partial charge in [-0.15, -0.1) is 0 Å². The number of aliphatic imine (C=N–C) groups is 1. The molecular formula is C19H16N2O3. The Morgan fingerprint density at radius 1 is 1.08 bits per heavy atom. The van der Waals surface area contributed by atoms with E-state index in [1.165, 1.54) is 0 Å². The standard InChI is InChI=1S/C11H7NO.C8H9NO2/c13-8-12-11-7-3-5-9-4-1-2-6-10(9)11;1-5-2-3-7(9)6(4-5)8(10)11/h1-7H;2-4H,9H2,1H3,(H,10,11). The maximum Gasteiger partial charge on any atom is 0.337 e. The van der Waals surface area contributed by atoms with Gasteiger partial charge < -0.3 is 10.8 Å². The van der Waals surface area contributed by atoms with E-state index in [1.807, 2.05) is 43.3 Å². The molecule has 0 saturated carbocycles. The average molecular weight is 320 g/mol. The summed E-state index contributed by atoms with van der Waals surface area (Å²) in [5, 5.41) is 10.7. The molecule has 120 valence electrons. The third-order valence-electron chi connectivity index (χ3n) is 3.37. The van der Waals surface area contributed by atoms with Gasteiger partial charge in [-0.3, -0.25) is 0 Å². The molecule has 0 spiro atoms. The molecule has 3 N–H and O–H groups in total. The molecule has 0 aliphatic rings. The lowest BCUT2D eigenvalue weighted by Gasteiger charge is -2.00. The molecule has 0 bridgehead atoms. The minimum absolute atomic E-state index is 0.171. The van der Waals surface area contributed by atoms with Crippen LogP contribution in [0.5, 0.6) is 0 Å². The maximum absolute atomic E-state index is 10.5. The van der Waals surface area contributed by atoms with Crippen LogP contribution >= 0.6 is 0 Å². The fraction of sp³-hybridized carbons (Fsp3) is 0.0526. The van der Waals surface area contributed by atoms with Crippen LogP contribution in [0.4, 0.5) is 11.4 Å². The topological polar surface area (TPSA) is 92.8 Å². The lowest BCUT2D eigenvalue weighted by atomic mass is 10.1. The number of nitrogens with zero attached hydrogens (tertiary/aromatic N) is 1. The molecule has 0 amide bonds. The van der Waals surface area contributed by atoms with Crippen molar-refractivity contribution in [3.8, 4) is 0 Å². The zero-order valence-corrected chi connectivity index (χ0v) is 13.1. The second-order valence-corrected chi connectivity index (χ2v) is 5.10. The van der Waals surface area contributed by atoms with Crippen LogP contribution in [0.3, 0.4) is 0 Å². The van der Waals surface area contributed by atoms with Gasteiger partial charge in [0, 0.05) is 11.1 Å². The van der Waals surface area contributed by atoms with Crippen molar-refractivity contribution < 1.29 is 14.7 Å². The monoisotopic (exact) mass is 320 g/mol. The van der Waals surface area contributed by atoms with Gasteiger partial charge in [-0.05, 0) is 30.5 Å². The van der Waals surface area contributed by atoms with E-state index in [4.69, 9.17) is 10.8 Å². The molecule has 0 aliphatic heterocycles. The van der Waals surface area contributed by atoms with E-state index in [1.54, 1.807) is 30.3 Å². The third kappa shape index (κ3) is 4.06. The summed E-state index contributed by atoms with van der Waals surface area (Å²) >= 11 is 0. The van der Waals surface area contributed by atoms with Gasteiger partial charge >= 0.3 is 5.97 Å². The highest BCUT2D eigenvalue weighted by molar-refractivity contribution is 5.94. The van der Waals surface area contributed by atoms with E-state index >= 15 is 0 Å². The first-order valence-corrected chi connectivity index (χ1v) is 7.18. The number of nitrogen functional groups attached to an aromatic ring is 1. The van der Waals surface area contributed by atoms with Gasteiger partial charge in [0.05, 0.1) is 11.3 Å². The van der Waals surface area contributed by atoms with E-state index in [0.717, 1.165) is 16.3 Å². The van der Waals surface area contributed by atoms with Crippen LogP contribution in [0.1, 0.15) is 15.9 Å². The highest BCUT2D eigenvalue weighted by Crippen LogP contribution is 2.24. The van der Waals surface area contributed by atoms with Crippen molar-refractivity contribution in [3.05, 3.63) is 71.8 Å². The predicted molar refractivity (Wildman–Crippen MR) is 94.3 cm³/mol. The molecule has 0 fully saturated rings. The summed E-state index contributed by atoms with van der Waals surface area (Å²) in [6, 6.07) is 18.4. The molecule has 0 atom stereocenters. The molecule has 3 aromatic rings. The molecule has 3 rings (SSSR count). The number of aromatic carboxylic acids is 1. The molecule has 24 heavy (non-hydrogen) atoms. The highest BCUT2D eigenvalue weighted by atomic mass is 16.4. The Kier molecular flexibility index (Phi) is 5.45. The second-order valence-electron chi connectivity index (χ2n) is 5.10. The number of anilines is 1. The number of nitrogens with two attached hydrogens (primary N) is 1. The number of hydrogen-bond donors (Lipinski definition) is 2. The molecule has 0 aromatic heterocycles. The first-order valence-electron chi connectivity index (χ1n) is 7.18. The Labute approximate surface area is 139 Å². The number of carboxylic acid groups (broad SMARTS) is 1. The minimum Gasteiger partial charge on any atom is -0.478 e. The molecular weight excluding hydrogens is 304 g/mol. The first kappa shape index (κ1) is 16.9. The number of carbonyl (C=O) groups is 1. The Hall–Kier alpha value is -3.43. The quantitative estimate of drug-likeness (QED) is 0.422.